The number of hydrogen-bond acceptors (Lipinski definition) is 7. The molecule has 3 amide bonds. The van der Waals surface area contributed by atoms with Crippen molar-refractivity contribution in [3.8, 4) is 0 Å². The van der Waals surface area contributed by atoms with Crippen LogP contribution in [-0.2, 0) is 4.74 Å². The normalized spacial score (nSPS) is 16.6. The van der Waals surface area contributed by atoms with E-state index in [1.807, 2.05) is 15.9 Å². The number of carbonyl (C=O) groups excluding carboxylic acids is 3. The molecule has 2 aliphatic rings. The monoisotopic (exact) mass is 466 g/mol. The molecule has 0 saturated carbocycles. The summed E-state index contributed by atoms with van der Waals surface area (Å²) in [5.41, 5.74) is 2.44. The number of carbonyl (C=O) groups is 3. The Hall–Kier alpha value is -3.66. The Morgan fingerprint density at radius 1 is 0.882 bits per heavy atom. The predicted molar refractivity (Wildman–Crippen MR) is 128 cm³/mol. The molecule has 0 unspecified atom stereocenters. The van der Waals surface area contributed by atoms with Gasteiger partial charge in [-0.1, -0.05) is 0 Å². The van der Waals surface area contributed by atoms with Gasteiger partial charge in [0.1, 0.15) is 0 Å². The molecule has 0 bridgehead atoms. The molecule has 34 heavy (non-hydrogen) atoms. The van der Waals surface area contributed by atoms with E-state index in [9.17, 15) is 14.4 Å². The second-order valence-corrected chi connectivity index (χ2v) is 8.26. The highest BCUT2D eigenvalue weighted by atomic mass is 16.5. The van der Waals surface area contributed by atoms with Crippen LogP contribution in [0.2, 0.25) is 0 Å². The summed E-state index contributed by atoms with van der Waals surface area (Å²) in [6.45, 7) is 5.30. The van der Waals surface area contributed by atoms with E-state index < -0.39 is 6.09 Å². The number of aromatic nitrogens is 1. The molecule has 2 aromatic rings. The van der Waals surface area contributed by atoms with Crippen molar-refractivity contribution >= 4 is 29.3 Å². The number of nitrogens with zero attached hydrogens (tertiary/aromatic N) is 4. The lowest BCUT2D eigenvalue weighted by Crippen LogP contribution is -2.46. The third-order valence-corrected chi connectivity index (χ3v) is 6.12. The van der Waals surface area contributed by atoms with Gasteiger partial charge in [0.05, 0.1) is 18.5 Å². The van der Waals surface area contributed by atoms with Crippen LogP contribution in [0.15, 0.2) is 42.7 Å². The molecule has 2 saturated heterocycles. The van der Waals surface area contributed by atoms with E-state index in [0.29, 0.717) is 56.1 Å². The van der Waals surface area contributed by atoms with Gasteiger partial charge in [-0.15, -0.1) is 0 Å². The van der Waals surface area contributed by atoms with Gasteiger partial charge in [-0.25, -0.2) is 4.79 Å². The first kappa shape index (κ1) is 23.5. The number of methoxy groups -OCH3 is 1. The van der Waals surface area contributed by atoms with Crippen LogP contribution >= 0.6 is 0 Å². The van der Waals surface area contributed by atoms with Crippen molar-refractivity contribution in [1.82, 2.24) is 20.1 Å². The Bertz CT molecular complexity index is 1030. The van der Waals surface area contributed by atoms with Crippen LogP contribution in [0.3, 0.4) is 0 Å². The molecule has 1 aromatic heterocycles. The zero-order chi connectivity index (χ0) is 23.9. The largest absolute Gasteiger partial charge is 0.453 e. The molecular weight excluding hydrogens is 436 g/mol. The fourth-order valence-corrected chi connectivity index (χ4v) is 4.29. The lowest BCUT2D eigenvalue weighted by molar-refractivity contribution is 0.0734. The summed E-state index contributed by atoms with van der Waals surface area (Å²) in [7, 11) is 1.30. The van der Waals surface area contributed by atoms with Crippen LogP contribution in [0, 0.1) is 0 Å². The summed E-state index contributed by atoms with van der Waals surface area (Å²) >= 11 is 0. The molecule has 10 nitrogen and oxygen atoms in total. The zero-order valence-corrected chi connectivity index (χ0v) is 19.3. The van der Waals surface area contributed by atoms with Gasteiger partial charge in [0, 0.05) is 75.9 Å². The van der Waals surface area contributed by atoms with Crippen LogP contribution in [-0.4, -0.2) is 92.2 Å². The number of benzene rings is 1. The second-order valence-electron chi connectivity index (χ2n) is 8.26. The lowest BCUT2D eigenvalue weighted by Gasteiger charge is -2.29. The Kier molecular flexibility index (Phi) is 7.58. The number of anilines is 2. The summed E-state index contributed by atoms with van der Waals surface area (Å²) in [5, 5.41) is 6.00. The van der Waals surface area contributed by atoms with Gasteiger partial charge in [-0.2, -0.15) is 0 Å². The van der Waals surface area contributed by atoms with Crippen molar-refractivity contribution in [2.24, 2.45) is 0 Å². The van der Waals surface area contributed by atoms with Gasteiger partial charge in [0.25, 0.3) is 11.8 Å². The first-order valence-corrected chi connectivity index (χ1v) is 11.5. The van der Waals surface area contributed by atoms with Crippen LogP contribution in [0.1, 0.15) is 27.1 Å². The van der Waals surface area contributed by atoms with Crippen molar-refractivity contribution in [2.45, 2.75) is 6.42 Å². The van der Waals surface area contributed by atoms with Crippen molar-refractivity contribution in [2.75, 3.05) is 69.7 Å². The number of ether oxygens (including phenoxy) is 1. The minimum Gasteiger partial charge on any atom is -0.453 e. The van der Waals surface area contributed by atoms with Gasteiger partial charge in [0.2, 0.25) is 0 Å². The highest BCUT2D eigenvalue weighted by Gasteiger charge is 2.24. The fourth-order valence-electron chi connectivity index (χ4n) is 4.29. The lowest BCUT2D eigenvalue weighted by atomic mass is 10.1. The van der Waals surface area contributed by atoms with Crippen LogP contribution < -0.4 is 15.5 Å². The molecule has 2 N–H and O–H groups in total. The molecule has 0 atom stereocenters. The van der Waals surface area contributed by atoms with E-state index in [1.165, 1.54) is 7.11 Å². The SMILES string of the molecule is COC(=O)Nc1cc(C(=O)N2CCNCC2)ccc1N1CCCN(C(=O)c2ccncc2)CC1. The standard InChI is InChI=1S/C24H30N6O4/c1-34-24(33)27-20-17-19(23(32)30-13-9-26-10-14-30)3-4-21(20)28-11-2-12-29(16-15-28)22(31)18-5-7-25-8-6-18/h3-8,17,26H,2,9-16H2,1H3,(H,27,33). The van der Waals surface area contributed by atoms with Crippen molar-refractivity contribution in [3.05, 3.63) is 53.9 Å². The van der Waals surface area contributed by atoms with Crippen LogP contribution in [0.25, 0.3) is 0 Å². The Morgan fingerprint density at radius 3 is 2.32 bits per heavy atom. The Balaban J connectivity index is 1.53. The molecule has 2 fully saturated rings. The average molecular weight is 467 g/mol. The number of pyridine rings is 1. The number of nitrogens with one attached hydrogen (secondary N) is 2. The zero-order valence-electron chi connectivity index (χ0n) is 19.3. The molecule has 0 aliphatic carbocycles. The van der Waals surface area contributed by atoms with E-state index in [1.54, 1.807) is 36.7 Å². The first-order valence-electron chi connectivity index (χ1n) is 11.5. The third kappa shape index (κ3) is 5.45. The number of piperazine rings is 1. The molecule has 2 aliphatic heterocycles. The number of hydrogen-bond donors (Lipinski definition) is 2. The van der Waals surface area contributed by atoms with E-state index in [4.69, 9.17) is 4.74 Å². The molecule has 180 valence electrons. The average Bonchev–Trinajstić information content (AvgIpc) is 3.15. The van der Waals surface area contributed by atoms with Gasteiger partial charge < -0.3 is 24.8 Å². The molecule has 0 radical (unpaired) electrons. The maximum atomic E-state index is 13.0. The molecule has 10 heteroatoms. The summed E-state index contributed by atoms with van der Waals surface area (Å²) < 4.78 is 4.81. The Morgan fingerprint density at radius 2 is 1.59 bits per heavy atom. The van der Waals surface area contributed by atoms with Crippen LogP contribution in [0.5, 0.6) is 0 Å². The summed E-state index contributed by atoms with van der Waals surface area (Å²) in [6, 6.07) is 8.81. The molecule has 4 rings (SSSR count). The van der Waals surface area contributed by atoms with Crippen molar-refractivity contribution in [1.29, 1.82) is 0 Å². The van der Waals surface area contributed by atoms with Crippen molar-refractivity contribution < 1.29 is 19.1 Å². The maximum absolute atomic E-state index is 13.0. The smallest absolute Gasteiger partial charge is 0.411 e. The Labute approximate surface area is 198 Å². The molecular formula is C24H30N6O4. The number of amides is 3. The molecule has 1 aromatic carbocycles. The highest BCUT2D eigenvalue weighted by molar-refractivity contribution is 5.99. The van der Waals surface area contributed by atoms with E-state index in [2.05, 4.69) is 20.5 Å². The summed E-state index contributed by atoms with van der Waals surface area (Å²) in [5.74, 6) is -0.0833. The summed E-state index contributed by atoms with van der Waals surface area (Å²) in [4.78, 5) is 47.7. The number of rotatable bonds is 4. The quantitative estimate of drug-likeness (QED) is 0.706. The highest BCUT2D eigenvalue weighted by Crippen LogP contribution is 2.29. The fraction of sp³-hybridized carbons (Fsp3) is 0.417. The van der Waals surface area contributed by atoms with Gasteiger partial charge >= 0.3 is 6.09 Å². The topological polar surface area (TPSA) is 107 Å². The molecule has 3 heterocycles. The molecule has 0 spiro atoms. The predicted octanol–water partition coefficient (Wildman–Crippen LogP) is 1.66. The third-order valence-electron chi connectivity index (χ3n) is 6.12. The first-order chi connectivity index (χ1) is 16.6. The minimum atomic E-state index is -0.600. The summed E-state index contributed by atoms with van der Waals surface area (Å²) in [6.07, 6.45) is 3.41. The van der Waals surface area contributed by atoms with E-state index >= 15 is 0 Å². The van der Waals surface area contributed by atoms with E-state index in [-0.39, 0.29) is 11.8 Å². The van der Waals surface area contributed by atoms with Crippen molar-refractivity contribution in [3.63, 3.8) is 0 Å². The minimum absolute atomic E-state index is 0.0193. The van der Waals surface area contributed by atoms with Crippen LogP contribution in [0.4, 0.5) is 16.2 Å². The van der Waals surface area contributed by atoms with E-state index in [0.717, 1.165) is 25.2 Å². The second kappa shape index (κ2) is 11.0. The van der Waals surface area contributed by atoms with Gasteiger partial charge in [-0.3, -0.25) is 19.9 Å². The van der Waals surface area contributed by atoms with Gasteiger partial charge in [0.15, 0.2) is 0 Å². The maximum Gasteiger partial charge on any atom is 0.411 e. The van der Waals surface area contributed by atoms with Gasteiger partial charge in [-0.05, 0) is 36.8 Å².